The SMILES string of the molecule is C[C@]12CCC3c4ccc(O)cc4CCC3C1C(O)[C@@H](OC(=O)c1ccc(S(N)(=O)=O)cc1)[C@@H]2O. The molecule has 0 amide bonds. The van der Waals surface area contributed by atoms with E-state index in [0.717, 1.165) is 24.8 Å². The largest absolute Gasteiger partial charge is 0.508 e. The van der Waals surface area contributed by atoms with Gasteiger partial charge in [0.1, 0.15) is 5.75 Å². The molecule has 5 rings (SSSR count). The van der Waals surface area contributed by atoms with Crippen molar-refractivity contribution >= 4 is 16.0 Å². The number of aromatic hydroxyl groups is 1. The van der Waals surface area contributed by atoms with Crippen molar-refractivity contribution in [3.05, 3.63) is 59.2 Å². The van der Waals surface area contributed by atoms with Crippen LogP contribution in [0.4, 0.5) is 0 Å². The fraction of sp³-hybridized carbons (Fsp3) is 0.480. The zero-order chi connectivity index (χ0) is 24.4. The molecule has 0 heterocycles. The number of phenolic OH excluding ortho intramolecular Hbond substituents is 1. The van der Waals surface area contributed by atoms with Gasteiger partial charge in [0.2, 0.25) is 10.0 Å². The average Bonchev–Trinajstić information content (AvgIpc) is 2.98. The molecule has 34 heavy (non-hydrogen) atoms. The third kappa shape index (κ3) is 3.62. The van der Waals surface area contributed by atoms with E-state index in [0.29, 0.717) is 6.42 Å². The van der Waals surface area contributed by atoms with E-state index in [1.807, 2.05) is 19.1 Å². The lowest BCUT2D eigenvalue weighted by molar-refractivity contribution is -0.0613. The maximum Gasteiger partial charge on any atom is 0.338 e. The van der Waals surface area contributed by atoms with Crippen molar-refractivity contribution in [2.24, 2.45) is 22.4 Å². The van der Waals surface area contributed by atoms with Gasteiger partial charge >= 0.3 is 5.97 Å². The first kappa shape index (κ1) is 23.3. The van der Waals surface area contributed by atoms with E-state index >= 15 is 0 Å². The van der Waals surface area contributed by atoms with E-state index in [9.17, 15) is 28.5 Å². The van der Waals surface area contributed by atoms with Crippen LogP contribution in [-0.4, -0.2) is 48.0 Å². The molecule has 4 unspecified atom stereocenters. The van der Waals surface area contributed by atoms with Gasteiger partial charge in [0.25, 0.3) is 0 Å². The summed E-state index contributed by atoms with van der Waals surface area (Å²) < 4.78 is 28.5. The molecular formula is C25H29NO7S. The molecule has 8 nitrogen and oxygen atoms in total. The molecule has 9 heteroatoms. The van der Waals surface area contributed by atoms with E-state index in [1.54, 1.807) is 6.07 Å². The van der Waals surface area contributed by atoms with Crippen LogP contribution in [0.15, 0.2) is 47.4 Å². The molecule has 5 N–H and O–H groups in total. The molecule has 0 bridgehead atoms. The number of rotatable bonds is 3. The second-order valence-corrected chi connectivity index (χ2v) is 11.7. The van der Waals surface area contributed by atoms with E-state index in [1.165, 1.54) is 29.8 Å². The highest BCUT2D eigenvalue weighted by Gasteiger charge is 2.63. The Hall–Kier alpha value is -2.46. The number of carbonyl (C=O) groups excluding carboxylic acids is 1. The zero-order valence-electron chi connectivity index (χ0n) is 18.8. The highest BCUT2D eigenvalue weighted by Crippen LogP contribution is 2.61. The number of primary sulfonamides is 1. The molecular weight excluding hydrogens is 458 g/mol. The summed E-state index contributed by atoms with van der Waals surface area (Å²) in [5, 5.41) is 37.5. The van der Waals surface area contributed by atoms with Gasteiger partial charge in [0.05, 0.1) is 22.7 Å². The molecule has 0 aliphatic heterocycles. The highest BCUT2D eigenvalue weighted by molar-refractivity contribution is 7.89. The summed E-state index contributed by atoms with van der Waals surface area (Å²) in [4.78, 5) is 12.7. The summed E-state index contributed by atoms with van der Waals surface area (Å²) in [6.07, 6.45) is -0.0208. The Morgan fingerprint density at radius 1 is 1.12 bits per heavy atom. The second kappa shape index (κ2) is 8.05. The van der Waals surface area contributed by atoms with Gasteiger partial charge in [-0.15, -0.1) is 0 Å². The number of benzene rings is 2. The van der Waals surface area contributed by atoms with Gasteiger partial charge in [-0.1, -0.05) is 13.0 Å². The van der Waals surface area contributed by atoms with Crippen LogP contribution >= 0.6 is 0 Å². The molecule has 2 aromatic rings. The number of aryl methyl sites for hydroxylation is 1. The summed E-state index contributed by atoms with van der Waals surface area (Å²) in [6, 6.07) is 10.5. The number of carbonyl (C=O) groups is 1. The minimum atomic E-state index is -3.89. The quantitative estimate of drug-likeness (QED) is 0.485. The monoisotopic (exact) mass is 487 g/mol. The van der Waals surface area contributed by atoms with Crippen LogP contribution in [0, 0.1) is 17.3 Å². The maximum absolute atomic E-state index is 12.8. The van der Waals surface area contributed by atoms with Crippen LogP contribution in [-0.2, 0) is 21.2 Å². The van der Waals surface area contributed by atoms with Crippen molar-refractivity contribution in [1.82, 2.24) is 0 Å². The molecule has 7 atom stereocenters. The standard InChI is InChI=1S/C25H29NO7S/c1-25-11-10-18-17-9-5-15(27)12-14(17)4-8-19(18)20(25)21(28)22(23(25)29)33-24(30)13-2-6-16(7-3-13)34(26,31)32/h2-3,5-7,9,12,18-23,27-29H,4,8,10-11H2,1H3,(H2,26,31,32)/t18?,19?,20?,21?,22-,23+,25+/m1/s1. The minimum Gasteiger partial charge on any atom is -0.508 e. The number of phenols is 1. The fourth-order valence-electron chi connectivity index (χ4n) is 6.71. The topological polar surface area (TPSA) is 147 Å². The first-order chi connectivity index (χ1) is 16.0. The van der Waals surface area contributed by atoms with E-state index < -0.39 is 39.7 Å². The first-order valence-electron chi connectivity index (χ1n) is 11.5. The van der Waals surface area contributed by atoms with Crippen molar-refractivity contribution in [2.45, 2.75) is 61.7 Å². The molecule has 0 saturated heterocycles. The van der Waals surface area contributed by atoms with Crippen LogP contribution in [0.3, 0.4) is 0 Å². The second-order valence-electron chi connectivity index (χ2n) is 10.1. The molecule has 0 spiro atoms. The smallest absolute Gasteiger partial charge is 0.338 e. The molecule has 2 saturated carbocycles. The van der Waals surface area contributed by atoms with Gasteiger partial charge in [-0.3, -0.25) is 0 Å². The Kier molecular flexibility index (Phi) is 5.51. The number of hydrogen-bond acceptors (Lipinski definition) is 7. The van der Waals surface area contributed by atoms with Crippen LogP contribution in [0.25, 0.3) is 0 Å². The lowest BCUT2D eigenvalue weighted by atomic mass is 9.55. The van der Waals surface area contributed by atoms with Gasteiger partial charge in [-0.2, -0.15) is 0 Å². The minimum absolute atomic E-state index is 0.108. The first-order valence-corrected chi connectivity index (χ1v) is 13.1. The van der Waals surface area contributed by atoms with Crippen molar-refractivity contribution < 1.29 is 33.3 Å². The van der Waals surface area contributed by atoms with Crippen molar-refractivity contribution in [1.29, 1.82) is 0 Å². The molecule has 0 radical (unpaired) electrons. The van der Waals surface area contributed by atoms with Crippen LogP contribution < -0.4 is 5.14 Å². The van der Waals surface area contributed by atoms with Gasteiger partial charge in [-0.25, -0.2) is 18.4 Å². The van der Waals surface area contributed by atoms with Gasteiger partial charge < -0.3 is 20.1 Å². The van der Waals surface area contributed by atoms with Crippen molar-refractivity contribution in [3.8, 4) is 5.75 Å². The fourth-order valence-corrected chi connectivity index (χ4v) is 7.22. The number of sulfonamides is 1. The summed E-state index contributed by atoms with van der Waals surface area (Å²) >= 11 is 0. The molecule has 3 aliphatic carbocycles. The predicted octanol–water partition coefficient (Wildman–Crippen LogP) is 2.06. The summed E-state index contributed by atoms with van der Waals surface area (Å²) in [7, 11) is -3.89. The van der Waals surface area contributed by atoms with E-state index in [4.69, 9.17) is 9.88 Å². The average molecular weight is 488 g/mol. The molecule has 182 valence electrons. The Bertz CT molecular complexity index is 1230. The summed E-state index contributed by atoms with van der Waals surface area (Å²) in [6.45, 7) is 1.96. The molecule has 0 aromatic heterocycles. The highest BCUT2D eigenvalue weighted by atomic mass is 32.2. The molecule has 2 fully saturated rings. The van der Waals surface area contributed by atoms with Gasteiger partial charge in [0, 0.05) is 5.41 Å². The number of aliphatic hydroxyl groups excluding tert-OH is 2. The van der Waals surface area contributed by atoms with Crippen molar-refractivity contribution in [3.63, 3.8) is 0 Å². The van der Waals surface area contributed by atoms with E-state index in [-0.39, 0.29) is 34.0 Å². The lowest BCUT2D eigenvalue weighted by Gasteiger charge is -2.50. The Balaban J connectivity index is 1.39. The number of esters is 1. The third-order valence-corrected chi connectivity index (χ3v) is 9.29. The Labute approximate surface area is 198 Å². The number of nitrogens with two attached hydrogens (primary N) is 1. The normalized spacial score (nSPS) is 34.6. The summed E-state index contributed by atoms with van der Waals surface area (Å²) in [5.74, 6) is -0.404. The zero-order valence-corrected chi connectivity index (χ0v) is 19.6. The Morgan fingerprint density at radius 2 is 1.82 bits per heavy atom. The number of ether oxygens (including phenoxy) is 1. The van der Waals surface area contributed by atoms with Crippen LogP contribution in [0.5, 0.6) is 5.75 Å². The number of fused-ring (bicyclic) bond motifs is 5. The van der Waals surface area contributed by atoms with Gasteiger partial charge in [0.15, 0.2) is 6.10 Å². The maximum atomic E-state index is 12.8. The Morgan fingerprint density at radius 3 is 2.50 bits per heavy atom. The summed E-state index contributed by atoms with van der Waals surface area (Å²) in [5.41, 5.74) is 1.82. The predicted molar refractivity (Wildman–Crippen MR) is 123 cm³/mol. The van der Waals surface area contributed by atoms with Crippen LogP contribution in [0.1, 0.15) is 53.6 Å². The number of hydrogen-bond donors (Lipinski definition) is 4. The molecule has 2 aromatic carbocycles. The van der Waals surface area contributed by atoms with Crippen molar-refractivity contribution in [2.75, 3.05) is 0 Å². The van der Waals surface area contributed by atoms with Gasteiger partial charge in [-0.05, 0) is 91.0 Å². The van der Waals surface area contributed by atoms with E-state index in [2.05, 4.69) is 0 Å². The third-order valence-electron chi connectivity index (χ3n) is 8.36. The van der Waals surface area contributed by atoms with Crippen LogP contribution in [0.2, 0.25) is 0 Å². The number of aliphatic hydroxyl groups is 2. The molecule has 3 aliphatic rings. The lowest BCUT2D eigenvalue weighted by Crippen LogP contribution is -2.46.